The Kier molecular flexibility index (Phi) is 7.88. The number of rotatable bonds is 8. The maximum atomic E-state index is 12.2. The van der Waals surface area contributed by atoms with E-state index in [4.69, 9.17) is 4.74 Å². The minimum atomic E-state index is -0.0953. The number of likely N-dealkylation sites (N-methyl/N-ethyl adjacent to an activating group) is 1. The van der Waals surface area contributed by atoms with Crippen molar-refractivity contribution in [1.29, 1.82) is 0 Å². The zero-order valence-electron chi connectivity index (χ0n) is 15.0. The van der Waals surface area contributed by atoms with Crippen molar-refractivity contribution in [2.75, 3.05) is 53.4 Å². The van der Waals surface area contributed by atoms with E-state index in [1.165, 1.54) is 0 Å². The van der Waals surface area contributed by atoms with Crippen molar-refractivity contribution in [2.45, 2.75) is 23.5 Å². The van der Waals surface area contributed by atoms with Crippen LogP contribution in [0.2, 0.25) is 0 Å². The molecule has 1 aromatic carbocycles. The van der Waals surface area contributed by atoms with Crippen LogP contribution in [0.25, 0.3) is 0 Å². The first kappa shape index (κ1) is 19.1. The summed E-state index contributed by atoms with van der Waals surface area (Å²) in [6.07, 6.45) is 1.01. The molecule has 0 bridgehead atoms. The van der Waals surface area contributed by atoms with Gasteiger partial charge in [0.1, 0.15) is 5.75 Å². The van der Waals surface area contributed by atoms with E-state index in [1.807, 2.05) is 31.2 Å². The van der Waals surface area contributed by atoms with E-state index in [9.17, 15) is 4.79 Å². The number of hydrogen-bond donors (Lipinski definition) is 1. The third kappa shape index (κ3) is 6.34. The van der Waals surface area contributed by atoms with Crippen molar-refractivity contribution < 1.29 is 9.53 Å². The molecule has 0 aliphatic carbocycles. The number of hydrogen-bond acceptors (Lipinski definition) is 5. The Balaban J connectivity index is 1.62. The molecule has 134 valence electrons. The van der Waals surface area contributed by atoms with E-state index in [-0.39, 0.29) is 11.2 Å². The molecule has 6 heteroatoms. The van der Waals surface area contributed by atoms with Crippen molar-refractivity contribution in [3.8, 4) is 5.75 Å². The van der Waals surface area contributed by atoms with Gasteiger partial charge < -0.3 is 19.9 Å². The van der Waals surface area contributed by atoms with Crippen LogP contribution in [-0.4, -0.2) is 74.4 Å². The second-order valence-corrected chi connectivity index (χ2v) is 7.64. The van der Waals surface area contributed by atoms with Crippen molar-refractivity contribution in [3.63, 3.8) is 0 Å². The molecular formula is C18H29N3O2S. The molecule has 1 atom stereocenters. The number of amides is 1. The van der Waals surface area contributed by atoms with Gasteiger partial charge in [-0.3, -0.25) is 4.79 Å². The van der Waals surface area contributed by atoms with E-state index >= 15 is 0 Å². The number of thioether (sulfide) groups is 1. The van der Waals surface area contributed by atoms with Crippen LogP contribution in [-0.2, 0) is 4.79 Å². The fourth-order valence-corrected chi connectivity index (χ4v) is 3.53. The van der Waals surface area contributed by atoms with Gasteiger partial charge in [0.05, 0.1) is 12.4 Å². The maximum Gasteiger partial charge on any atom is 0.233 e. The SMILES string of the molecule is COc1ccc(S[C@H](C)C(=O)NCCCN2CCN(C)CC2)cc1. The Hall–Kier alpha value is -1.24. The van der Waals surface area contributed by atoms with Gasteiger partial charge in [-0.15, -0.1) is 11.8 Å². The van der Waals surface area contributed by atoms with Crippen LogP contribution in [0.5, 0.6) is 5.75 Å². The summed E-state index contributed by atoms with van der Waals surface area (Å²) < 4.78 is 5.15. The predicted molar refractivity (Wildman–Crippen MR) is 99.9 cm³/mol. The first-order chi connectivity index (χ1) is 11.6. The number of ether oxygens (including phenoxy) is 1. The normalized spacial score (nSPS) is 17.5. The van der Waals surface area contributed by atoms with Crippen molar-refractivity contribution in [2.24, 2.45) is 0 Å². The van der Waals surface area contributed by atoms with Crippen LogP contribution in [0.1, 0.15) is 13.3 Å². The van der Waals surface area contributed by atoms with Crippen LogP contribution in [0.4, 0.5) is 0 Å². The van der Waals surface area contributed by atoms with Gasteiger partial charge in [-0.1, -0.05) is 0 Å². The summed E-state index contributed by atoms with van der Waals surface area (Å²) >= 11 is 1.57. The van der Waals surface area contributed by atoms with E-state index in [0.717, 1.165) is 56.3 Å². The lowest BCUT2D eigenvalue weighted by atomic mass is 10.3. The zero-order chi connectivity index (χ0) is 17.4. The highest BCUT2D eigenvalue weighted by Gasteiger charge is 2.15. The first-order valence-corrected chi connectivity index (χ1v) is 9.46. The summed E-state index contributed by atoms with van der Waals surface area (Å²) in [4.78, 5) is 18.1. The number of carbonyl (C=O) groups is 1. The second kappa shape index (κ2) is 9.91. The lowest BCUT2D eigenvalue weighted by molar-refractivity contribution is -0.120. The molecule has 1 heterocycles. The van der Waals surface area contributed by atoms with E-state index < -0.39 is 0 Å². The topological polar surface area (TPSA) is 44.8 Å². The van der Waals surface area contributed by atoms with Crippen LogP contribution < -0.4 is 10.1 Å². The van der Waals surface area contributed by atoms with Gasteiger partial charge in [0.15, 0.2) is 0 Å². The number of piperazine rings is 1. The van der Waals surface area contributed by atoms with E-state index in [2.05, 4.69) is 22.2 Å². The first-order valence-electron chi connectivity index (χ1n) is 8.58. The minimum Gasteiger partial charge on any atom is -0.497 e. The molecular weight excluding hydrogens is 322 g/mol. The Labute approximate surface area is 149 Å². The molecule has 24 heavy (non-hydrogen) atoms. The standard InChI is InChI=1S/C18H29N3O2S/c1-15(24-17-7-5-16(23-3)6-8-17)18(22)19-9-4-10-21-13-11-20(2)12-14-21/h5-8,15H,4,9-14H2,1-3H3,(H,19,22)/t15-/m1/s1. The predicted octanol–water partition coefficient (Wildman–Crippen LogP) is 1.93. The largest absolute Gasteiger partial charge is 0.497 e. The molecule has 1 saturated heterocycles. The molecule has 0 spiro atoms. The van der Waals surface area contributed by atoms with Crippen molar-refractivity contribution >= 4 is 17.7 Å². The molecule has 5 nitrogen and oxygen atoms in total. The Morgan fingerprint density at radius 2 is 1.92 bits per heavy atom. The van der Waals surface area contributed by atoms with Gasteiger partial charge in [0, 0.05) is 37.6 Å². The third-order valence-corrected chi connectivity index (χ3v) is 5.40. The van der Waals surface area contributed by atoms with E-state index in [0.29, 0.717) is 0 Å². The fraction of sp³-hybridized carbons (Fsp3) is 0.611. The van der Waals surface area contributed by atoms with Gasteiger partial charge in [-0.05, 0) is 51.2 Å². The van der Waals surface area contributed by atoms with Crippen molar-refractivity contribution in [1.82, 2.24) is 15.1 Å². The summed E-state index contributed by atoms with van der Waals surface area (Å²) in [7, 11) is 3.82. The summed E-state index contributed by atoms with van der Waals surface area (Å²) in [5.41, 5.74) is 0. The zero-order valence-corrected chi connectivity index (χ0v) is 15.8. The summed E-state index contributed by atoms with van der Waals surface area (Å²) in [6, 6.07) is 7.81. The highest BCUT2D eigenvalue weighted by atomic mass is 32.2. The minimum absolute atomic E-state index is 0.0953. The summed E-state index contributed by atoms with van der Waals surface area (Å²) in [5.74, 6) is 0.939. The fourth-order valence-electron chi connectivity index (χ4n) is 2.64. The monoisotopic (exact) mass is 351 g/mol. The van der Waals surface area contributed by atoms with Crippen molar-refractivity contribution in [3.05, 3.63) is 24.3 Å². The average molecular weight is 352 g/mol. The number of benzene rings is 1. The summed E-state index contributed by atoms with van der Waals surface area (Å²) in [6.45, 7) is 8.31. The number of nitrogens with one attached hydrogen (secondary N) is 1. The quantitative estimate of drug-likeness (QED) is 0.573. The smallest absolute Gasteiger partial charge is 0.233 e. The lowest BCUT2D eigenvalue weighted by Crippen LogP contribution is -2.45. The molecule has 0 unspecified atom stereocenters. The number of nitrogens with zero attached hydrogens (tertiary/aromatic N) is 2. The van der Waals surface area contributed by atoms with Crippen LogP contribution in [0.15, 0.2) is 29.2 Å². The lowest BCUT2D eigenvalue weighted by Gasteiger charge is -2.32. The molecule has 0 aromatic heterocycles. The highest BCUT2D eigenvalue weighted by Crippen LogP contribution is 2.25. The molecule has 1 aliphatic heterocycles. The second-order valence-electron chi connectivity index (χ2n) is 6.23. The summed E-state index contributed by atoms with van der Waals surface area (Å²) in [5, 5.41) is 2.96. The Morgan fingerprint density at radius 1 is 1.25 bits per heavy atom. The molecule has 2 rings (SSSR count). The third-order valence-electron chi connectivity index (χ3n) is 4.29. The van der Waals surface area contributed by atoms with Crippen LogP contribution >= 0.6 is 11.8 Å². The highest BCUT2D eigenvalue weighted by molar-refractivity contribution is 8.00. The molecule has 1 aliphatic rings. The average Bonchev–Trinajstić information content (AvgIpc) is 2.60. The van der Waals surface area contributed by atoms with Crippen LogP contribution in [0, 0.1) is 0 Å². The maximum absolute atomic E-state index is 12.2. The Morgan fingerprint density at radius 3 is 2.54 bits per heavy atom. The van der Waals surface area contributed by atoms with Gasteiger partial charge in [-0.2, -0.15) is 0 Å². The molecule has 1 fully saturated rings. The number of methoxy groups -OCH3 is 1. The van der Waals surface area contributed by atoms with Gasteiger partial charge in [-0.25, -0.2) is 0 Å². The van der Waals surface area contributed by atoms with Gasteiger partial charge in [0.2, 0.25) is 5.91 Å². The number of carbonyl (C=O) groups excluding carboxylic acids is 1. The molecule has 0 saturated carbocycles. The van der Waals surface area contributed by atoms with Gasteiger partial charge >= 0.3 is 0 Å². The molecule has 1 N–H and O–H groups in total. The molecule has 1 amide bonds. The Bertz CT molecular complexity index is 501. The molecule has 0 radical (unpaired) electrons. The van der Waals surface area contributed by atoms with Gasteiger partial charge in [0.25, 0.3) is 0 Å². The molecule has 1 aromatic rings. The van der Waals surface area contributed by atoms with Crippen LogP contribution in [0.3, 0.4) is 0 Å². The van der Waals surface area contributed by atoms with E-state index in [1.54, 1.807) is 18.9 Å².